The van der Waals surface area contributed by atoms with Gasteiger partial charge in [-0.05, 0) is 40.3 Å². The van der Waals surface area contributed by atoms with Gasteiger partial charge in [-0.25, -0.2) is 0 Å². The Kier molecular flexibility index (Phi) is 4.92. The van der Waals surface area contributed by atoms with Crippen LogP contribution in [0.15, 0.2) is 96.6 Å². The zero-order valence-electron chi connectivity index (χ0n) is 20.9. The van der Waals surface area contributed by atoms with Crippen molar-refractivity contribution in [2.24, 2.45) is 10.8 Å². The Bertz CT molecular complexity index is 1420. The molecule has 1 atom stereocenters. The quantitative estimate of drug-likeness (QED) is 0.279. The van der Waals surface area contributed by atoms with Crippen LogP contribution in [-0.2, 0) is 0 Å². The Morgan fingerprint density at radius 1 is 0.794 bits per heavy atom. The predicted molar refractivity (Wildman–Crippen MR) is 148 cm³/mol. The first-order valence-electron chi connectivity index (χ1n) is 12.8. The zero-order chi connectivity index (χ0) is 23.5. The molecule has 1 nitrogen and oxygen atoms in total. The number of para-hydroxylation sites is 1. The second kappa shape index (κ2) is 7.77. The Morgan fingerprint density at radius 2 is 1.50 bits per heavy atom. The highest BCUT2D eigenvalue weighted by atomic mass is 15.0. The summed E-state index contributed by atoms with van der Waals surface area (Å²) in [7, 11) is 0. The summed E-state index contributed by atoms with van der Waals surface area (Å²) in [6.45, 7) is 10.5. The van der Waals surface area contributed by atoms with Gasteiger partial charge in [0.15, 0.2) is 6.71 Å². The molecule has 0 N–H and O–H groups in total. The first-order valence-corrected chi connectivity index (χ1v) is 12.8. The summed E-state index contributed by atoms with van der Waals surface area (Å²) in [5, 5.41) is 4.00. The van der Waals surface area contributed by atoms with Crippen LogP contribution in [0.4, 0.5) is 0 Å². The number of nitrogens with zero attached hydrogens (tertiary/aromatic N) is 1. The van der Waals surface area contributed by atoms with Gasteiger partial charge in [-0.3, -0.25) is 0 Å². The number of aromatic nitrogens is 1. The Hall–Kier alpha value is -3.00. The van der Waals surface area contributed by atoms with E-state index in [1.165, 1.54) is 45.6 Å². The third-order valence-electron chi connectivity index (χ3n) is 9.07. The maximum Gasteiger partial charge on any atom is 0.176 e. The van der Waals surface area contributed by atoms with Gasteiger partial charge in [0.05, 0.1) is 5.52 Å². The molecule has 6 rings (SSSR count). The average molecular weight is 443 g/mol. The molecule has 1 aliphatic carbocycles. The van der Waals surface area contributed by atoms with Crippen LogP contribution in [0.25, 0.3) is 27.4 Å². The molecule has 0 saturated carbocycles. The highest BCUT2D eigenvalue weighted by molar-refractivity contribution is 6.68. The van der Waals surface area contributed by atoms with Crippen LogP contribution in [-0.4, -0.2) is 11.3 Å². The van der Waals surface area contributed by atoms with Gasteiger partial charge in [0, 0.05) is 28.6 Å². The second-order valence-corrected chi connectivity index (χ2v) is 11.8. The molecule has 3 aromatic carbocycles. The van der Waals surface area contributed by atoms with Gasteiger partial charge in [0.1, 0.15) is 0 Å². The van der Waals surface area contributed by atoms with Crippen molar-refractivity contribution in [2.45, 2.75) is 52.7 Å². The molecule has 1 fully saturated rings. The van der Waals surface area contributed by atoms with E-state index in [1.54, 1.807) is 5.47 Å². The van der Waals surface area contributed by atoms with Gasteiger partial charge >= 0.3 is 0 Å². The fourth-order valence-corrected chi connectivity index (χ4v) is 6.40. The Labute approximate surface area is 204 Å². The molecule has 1 aliphatic heterocycles. The molecule has 2 heterocycles. The van der Waals surface area contributed by atoms with E-state index in [9.17, 15) is 0 Å². The van der Waals surface area contributed by atoms with Crippen LogP contribution < -0.4 is 0 Å². The van der Waals surface area contributed by atoms with Crippen molar-refractivity contribution in [3.8, 4) is 5.69 Å². The van der Waals surface area contributed by atoms with E-state index >= 15 is 0 Å². The van der Waals surface area contributed by atoms with Gasteiger partial charge in [0.25, 0.3) is 0 Å². The maximum atomic E-state index is 2.60. The van der Waals surface area contributed by atoms with E-state index < -0.39 is 0 Å². The number of hydrogen-bond acceptors (Lipinski definition) is 0. The van der Waals surface area contributed by atoms with Gasteiger partial charge in [-0.2, -0.15) is 0 Å². The van der Waals surface area contributed by atoms with Gasteiger partial charge in [-0.15, -0.1) is 0 Å². The van der Waals surface area contributed by atoms with E-state index in [0.717, 1.165) is 6.42 Å². The molecule has 0 amide bonds. The summed E-state index contributed by atoms with van der Waals surface area (Å²) >= 11 is 0. The monoisotopic (exact) mass is 443 g/mol. The number of rotatable bonds is 3. The van der Waals surface area contributed by atoms with Gasteiger partial charge in [-0.1, -0.05) is 119 Å². The summed E-state index contributed by atoms with van der Waals surface area (Å²) in [6.07, 6.45) is 13.5. The lowest BCUT2D eigenvalue weighted by Crippen LogP contribution is -2.24. The molecule has 2 aliphatic rings. The Balaban J connectivity index is 1.49. The maximum absolute atomic E-state index is 2.60. The summed E-state index contributed by atoms with van der Waals surface area (Å²) in [5.74, 6) is 0.417. The summed E-state index contributed by atoms with van der Waals surface area (Å²) in [4.78, 5) is 0. The third-order valence-corrected chi connectivity index (χ3v) is 9.07. The van der Waals surface area contributed by atoms with Crippen LogP contribution in [0.2, 0.25) is 12.6 Å². The van der Waals surface area contributed by atoms with Crippen LogP contribution in [0.3, 0.4) is 0 Å². The van der Waals surface area contributed by atoms with Crippen LogP contribution in [0, 0.1) is 10.8 Å². The number of benzene rings is 3. The van der Waals surface area contributed by atoms with E-state index in [1.807, 2.05) is 0 Å². The van der Waals surface area contributed by atoms with Crippen molar-refractivity contribution in [1.82, 2.24) is 4.57 Å². The van der Waals surface area contributed by atoms with Crippen molar-refractivity contribution in [1.29, 1.82) is 0 Å². The molecule has 34 heavy (non-hydrogen) atoms. The predicted octanol–water partition coefficient (Wildman–Crippen LogP) is 8.85. The molecule has 0 radical (unpaired) electrons. The molecule has 1 unspecified atom stereocenters. The standard InChI is InChI=1S/C32H34BN/c1-31(2)21-33(22-32(31,3)4)25-13-10-12-24(19-25)29-20-34(26-14-6-5-7-15-26)30-27-16-9-8-11-23(27)17-18-28(29)30/h5-11,13-20,24H,12,21-22H2,1-4H3. The minimum Gasteiger partial charge on any atom is -0.316 e. The molecule has 1 saturated heterocycles. The minimum absolute atomic E-state index is 0.377. The van der Waals surface area contributed by atoms with E-state index in [-0.39, 0.29) is 0 Å². The van der Waals surface area contributed by atoms with Crippen molar-refractivity contribution < 1.29 is 0 Å². The molecule has 0 spiro atoms. The lowest BCUT2D eigenvalue weighted by atomic mass is 9.40. The van der Waals surface area contributed by atoms with Crippen LogP contribution in [0.1, 0.15) is 45.6 Å². The molecule has 1 aromatic heterocycles. The molecule has 0 bridgehead atoms. The number of fused-ring (bicyclic) bond motifs is 3. The van der Waals surface area contributed by atoms with Crippen molar-refractivity contribution >= 4 is 28.4 Å². The molecule has 4 aromatic rings. The summed E-state index contributed by atoms with van der Waals surface area (Å²) < 4.78 is 2.42. The van der Waals surface area contributed by atoms with Gasteiger partial charge in [0.2, 0.25) is 0 Å². The summed E-state index contributed by atoms with van der Waals surface area (Å²) in [5.41, 5.74) is 6.31. The van der Waals surface area contributed by atoms with Crippen molar-refractivity contribution in [3.05, 3.63) is 102 Å². The largest absolute Gasteiger partial charge is 0.316 e. The number of hydrogen-bond donors (Lipinski definition) is 0. The minimum atomic E-state index is 0.377. The van der Waals surface area contributed by atoms with Crippen LogP contribution in [0.5, 0.6) is 0 Å². The molecule has 2 heteroatoms. The fraction of sp³-hybridized carbons (Fsp3) is 0.312. The highest BCUT2D eigenvalue weighted by Gasteiger charge is 2.48. The van der Waals surface area contributed by atoms with Crippen molar-refractivity contribution in [2.75, 3.05) is 0 Å². The molecule has 170 valence electrons. The SMILES string of the molecule is CC1(C)CB(C2=CC(c3cn(-c4ccccc4)c4c3ccc3ccccc34)CC=C2)CC1(C)C. The van der Waals surface area contributed by atoms with E-state index in [0.29, 0.717) is 23.5 Å². The molecular formula is C32H34BN. The van der Waals surface area contributed by atoms with E-state index in [4.69, 9.17) is 0 Å². The van der Waals surface area contributed by atoms with E-state index in [2.05, 4.69) is 123 Å². The Morgan fingerprint density at radius 3 is 2.26 bits per heavy atom. The van der Waals surface area contributed by atoms with Crippen LogP contribution >= 0.6 is 0 Å². The average Bonchev–Trinajstić information content (AvgIpc) is 3.34. The normalized spacial score (nSPS) is 21.4. The highest BCUT2D eigenvalue weighted by Crippen LogP contribution is 2.54. The first kappa shape index (κ1) is 21.5. The first-order chi connectivity index (χ1) is 16.3. The molecular weight excluding hydrogens is 409 g/mol. The topological polar surface area (TPSA) is 4.93 Å². The van der Waals surface area contributed by atoms with Gasteiger partial charge < -0.3 is 4.57 Å². The third kappa shape index (κ3) is 3.38. The lowest BCUT2D eigenvalue weighted by Gasteiger charge is -2.35. The fourth-order valence-electron chi connectivity index (χ4n) is 6.40. The second-order valence-electron chi connectivity index (χ2n) is 11.8. The number of allylic oxidation sites excluding steroid dienone is 4. The summed E-state index contributed by atoms with van der Waals surface area (Å²) in [6, 6.07) is 24.2. The van der Waals surface area contributed by atoms with Crippen molar-refractivity contribution in [3.63, 3.8) is 0 Å². The zero-order valence-corrected chi connectivity index (χ0v) is 20.9. The lowest BCUT2D eigenvalue weighted by molar-refractivity contribution is 0.177. The smallest absolute Gasteiger partial charge is 0.176 e.